The van der Waals surface area contributed by atoms with Gasteiger partial charge in [0.25, 0.3) is 0 Å². The molecule has 3 N–H and O–H groups in total. The second-order valence-electron chi connectivity index (χ2n) is 2.62. The molecule has 0 amide bonds. The van der Waals surface area contributed by atoms with Crippen LogP contribution in [0.5, 0.6) is 0 Å². The summed E-state index contributed by atoms with van der Waals surface area (Å²) in [6.07, 6.45) is 3.17. The highest BCUT2D eigenvalue weighted by Gasteiger charge is 2.14. The van der Waals surface area contributed by atoms with Gasteiger partial charge in [0.2, 0.25) is 0 Å². The molecule has 0 heterocycles. The van der Waals surface area contributed by atoms with Gasteiger partial charge < -0.3 is 10.8 Å². The molecule has 1 unspecified atom stereocenters. The van der Waals surface area contributed by atoms with Crippen molar-refractivity contribution in [1.29, 1.82) is 0 Å². The molecule has 0 aromatic rings. The fraction of sp³-hybridized carbons (Fsp3) is 0.714. The van der Waals surface area contributed by atoms with Crippen LogP contribution in [0.25, 0.3) is 0 Å². The summed E-state index contributed by atoms with van der Waals surface area (Å²) in [5.41, 5.74) is 5.44. The van der Waals surface area contributed by atoms with Gasteiger partial charge in [0, 0.05) is 12.1 Å². The summed E-state index contributed by atoms with van der Waals surface area (Å²) in [7, 11) is 0. The van der Waals surface area contributed by atoms with Crippen molar-refractivity contribution in [3.63, 3.8) is 0 Å². The first-order valence-electron chi connectivity index (χ1n) is 3.13. The Balaban J connectivity index is 3.55. The zero-order valence-electron chi connectivity index (χ0n) is 5.93. The fourth-order valence-electron chi connectivity index (χ4n) is 0.687. The van der Waals surface area contributed by atoms with Crippen LogP contribution in [-0.2, 0) is 0 Å². The van der Waals surface area contributed by atoms with E-state index in [4.69, 9.17) is 10.8 Å². The Labute approximate surface area is 56.4 Å². The van der Waals surface area contributed by atoms with Crippen molar-refractivity contribution in [2.24, 2.45) is 5.73 Å². The van der Waals surface area contributed by atoms with Crippen LogP contribution < -0.4 is 5.73 Å². The van der Waals surface area contributed by atoms with E-state index in [1.807, 2.05) is 6.92 Å². The maximum absolute atomic E-state index is 8.51. The number of aliphatic hydroxyl groups excluding tert-OH is 1. The summed E-state index contributed by atoms with van der Waals surface area (Å²) in [5.74, 6) is 0. The van der Waals surface area contributed by atoms with Crippen molar-refractivity contribution < 1.29 is 5.11 Å². The average molecular weight is 129 g/mol. The maximum atomic E-state index is 8.51. The van der Waals surface area contributed by atoms with Gasteiger partial charge in [0.15, 0.2) is 0 Å². The van der Waals surface area contributed by atoms with Gasteiger partial charge in [0.05, 0.1) is 0 Å². The van der Waals surface area contributed by atoms with Gasteiger partial charge in [-0.05, 0) is 19.8 Å². The molecule has 2 heteroatoms. The molecular weight excluding hydrogens is 114 g/mol. The summed E-state index contributed by atoms with van der Waals surface area (Å²) in [6.45, 7) is 5.63. The molecule has 0 rings (SSSR count). The molecule has 0 aliphatic rings. The normalized spacial score (nSPS) is 16.8. The molecule has 0 saturated heterocycles. The zero-order chi connectivity index (χ0) is 7.33. The van der Waals surface area contributed by atoms with E-state index in [9.17, 15) is 0 Å². The number of aliphatic hydroxyl groups is 1. The Morgan fingerprint density at radius 2 is 2.33 bits per heavy atom. The summed E-state index contributed by atoms with van der Waals surface area (Å²) in [6, 6.07) is 0. The summed E-state index contributed by atoms with van der Waals surface area (Å²) in [5, 5.41) is 8.51. The lowest BCUT2D eigenvalue weighted by Gasteiger charge is -2.20. The molecule has 0 radical (unpaired) electrons. The highest BCUT2D eigenvalue weighted by Crippen LogP contribution is 2.09. The van der Waals surface area contributed by atoms with E-state index in [1.165, 1.54) is 0 Å². The van der Waals surface area contributed by atoms with Gasteiger partial charge in [-0.15, -0.1) is 6.58 Å². The molecule has 0 saturated carbocycles. The standard InChI is InChI=1S/C7H15NO/c1-3-4-7(2,8)5-6-9/h3,9H,1,4-6,8H2,2H3. The first-order valence-corrected chi connectivity index (χ1v) is 3.13. The SMILES string of the molecule is C=CCC(C)(N)CCO. The van der Waals surface area contributed by atoms with Crippen molar-refractivity contribution in [2.75, 3.05) is 6.61 Å². The molecule has 1 atom stereocenters. The lowest BCUT2D eigenvalue weighted by Crippen LogP contribution is -2.36. The van der Waals surface area contributed by atoms with E-state index in [0.29, 0.717) is 6.42 Å². The molecule has 9 heavy (non-hydrogen) atoms. The van der Waals surface area contributed by atoms with Crippen LogP contribution in [0.4, 0.5) is 0 Å². The largest absolute Gasteiger partial charge is 0.396 e. The first kappa shape index (κ1) is 8.66. The Morgan fingerprint density at radius 3 is 2.67 bits per heavy atom. The van der Waals surface area contributed by atoms with E-state index in [2.05, 4.69) is 6.58 Å². The van der Waals surface area contributed by atoms with Crippen molar-refractivity contribution >= 4 is 0 Å². The minimum Gasteiger partial charge on any atom is -0.396 e. The molecule has 0 aliphatic carbocycles. The summed E-state index contributed by atoms with van der Waals surface area (Å²) in [4.78, 5) is 0. The summed E-state index contributed by atoms with van der Waals surface area (Å²) >= 11 is 0. The number of nitrogens with two attached hydrogens (primary N) is 1. The minimum absolute atomic E-state index is 0.154. The number of rotatable bonds is 4. The quantitative estimate of drug-likeness (QED) is 0.548. The smallest absolute Gasteiger partial charge is 0.0448 e. The molecular formula is C7H15NO. The predicted octanol–water partition coefficient (Wildman–Crippen LogP) is 0.662. The Hall–Kier alpha value is -0.340. The van der Waals surface area contributed by atoms with Crippen LogP contribution in [-0.4, -0.2) is 17.3 Å². The predicted molar refractivity (Wildman–Crippen MR) is 39.1 cm³/mol. The van der Waals surface area contributed by atoms with Gasteiger partial charge in [-0.2, -0.15) is 0 Å². The van der Waals surface area contributed by atoms with Crippen molar-refractivity contribution in [3.8, 4) is 0 Å². The average Bonchev–Trinajstić information content (AvgIpc) is 1.64. The Morgan fingerprint density at radius 1 is 1.78 bits per heavy atom. The zero-order valence-corrected chi connectivity index (χ0v) is 5.93. The lowest BCUT2D eigenvalue weighted by molar-refractivity contribution is 0.247. The van der Waals surface area contributed by atoms with E-state index in [1.54, 1.807) is 6.08 Å². The first-order chi connectivity index (χ1) is 4.12. The molecule has 0 spiro atoms. The molecule has 0 bridgehead atoms. The Kier molecular flexibility index (Phi) is 3.50. The highest BCUT2D eigenvalue weighted by molar-refractivity contribution is 4.86. The Bertz CT molecular complexity index is 88.9. The third-order valence-corrected chi connectivity index (χ3v) is 1.29. The van der Waals surface area contributed by atoms with Gasteiger partial charge in [0.1, 0.15) is 0 Å². The second kappa shape index (κ2) is 3.64. The van der Waals surface area contributed by atoms with E-state index in [0.717, 1.165) is 6.42 Å². The van der Waals surface area contributed by atoms with E-state index >= 15 is 0 Å². The molecule has 2 nitrogen and oxygen atoms in total. The maximum Gasteiger partial charge on any atom is 0.0448 e. The van der Waals surface area contributed by atoms with Crippen molar-refractivity contribution in [1.82, 2.24) is 0 Å². The number of hydrogen-bond acceptors (Lipinski definition) is 2. The monoisotopic (exact) mass is 129 g/mol. The number of hydrogen-bond donors (Lipinski definition) is 2. The van der Waals surface area contributed by atoms with Crippen LogP contribution in [0.2, 0.25) is 0 Å². The molecule has 0 aromatic carbocycles. The van der Waals surface area contributed by atoms with Crippen molar-refractivity contribution in [3.05, 3.63) is 12.7 Å². The highest BCUT2D eigenvalue weighted by atomic mass is 16.3. The molecule has 0 fully saturated rings. The third kappa shape index (κ3) is 4.18. The van der Waals surface area contributed by atoms with Crippen LogP contribution in [0.1, 0.15) is 19.8 Å². The van der Waals surface area contributed by atoms with Gasteiger partial charge in [-0.25, -0.2) is 0 Å². The van der Waals surface area contributed by atoms with Crippen LogP contribution in [0.3, 0.4) is 0 Å². The fourth-order valence-corrected chi connectivity index (χ4v) is 0.687. The van der Waals surface area contributed by atoms with Gasteiger partial charge >= 0.3 is 0 Å². The van der Waals surface area contributed by atoms with Gasteiger partial charge in [-0.3, -0.25) is 0 Å². The van der Waals surface area contributed by atoms with E-state index < -0.39 is 0 Å². The van der Waals surface area contributed by atoms with Crippen LogP contribution in [0, 0.1) is 0 Å². The topological polar surface area (TPSA) is 46.2 Å². The lowest BCUT2D eigenvalue weighted by atomic mass is 9.96. The van der Waals surface area contributed by atoms with Crippen LogP contribution in [0.15, 0.2) is 12.7 Å². The third-order valence-electron chi connectivity index (χ3n) is 1.29. The molecule has 54 valence electrons. The molecule has 0 aliphatic heterocycles. The van der Waals surface area contributed by atoms with Crippen molar-refractivity contribution in [2.45, 2.75) is 25.3 Å². The van der Waals surface area contributed by atoms with Crippen LogP contribution >= 0.6 is 0 Å². The summed E-state index contributed by atoms with van der Waals surface area (Å²) < 4.78 is 0. The second-order valence-corrected chi connectivity index (χ2v) is 2.62. The minimum atomic E-state index is -0.267. The van der Waals surface area contributed by atoms with E-state index in [-0.39, 0.29) is 12.1 Å². The molecule has 0 aromatic heterocycles. The van der Waals surface area contributed by atoms with Gasteiger partial charge in [-0.1, -0.05) is 6.08 Å².